The van der Waals surface area contributed by atoms with E-state index in [0.717, 1.165) is 48.9 Å². The third kappa shape index (κ3) is 4.65. The zero-order valence-electron chi connectivity index (χ0n) is 19.9. The molecular weight excluding hydrogens is 497 g/mol. The minimum atomic E-state index is -0.931. The lowest BCUT2D eigenvalue weighted by atomic mass is 9.57. The third-order valence-corrected chi connectivity index (χ3v) is 8.06. The molecule has 0 spiro atoms. The SMILES string of the molecule is O=C(CNC1(C2(Cc3cccc(Cl)c3)C(=O)Nc3cc(Cl)ccc32)CCCCC1)NCc1ccco1. The van der Waals surface area contributed by atoms with Gasteiger partial charge in [-0.3, -0.25) is 9.59 Å². The van der Waals surface area contributed by atoms with Crippen LogP contribution in [0.1, 0.15) is 49.0 Å². The quantitative estimate of drug-likeness (QED) is 0.356. The van der Waals surface area contributed by atoms with E-state index in [2.05, 4.69) is 16.0 Å². The fraction of sp³-hybridized carbons (Fsp3) is 0.357. The highest BCUT2D eigenvalue weighted by molar-refractivity contribution is 6.31. The average Bonchev–Trinajstić information content (AvgIpc) is 3.48. The van der Waals surface area contributed by atoms with Gasteiger partial charge in [0.05, 0.1) is 24.8 Å². The van der Waals surface area contributed by atoms with E-state index in [1.54, 1.807) is 18.4 Å². The number of rotatable bonds is 8. The number of carbonyl (C=O) groups is 2. The molecule has 188 valence electrons. The molecule has 8 heteroatoms. The Morgan fingerprint density at radius 1 is 1.00 bits per heavy atom. The van der Waals surface area contributed by atoms with Crippen molar-refractivity contribution in [3.8, 4) is 0 Å². The summed E-state index contributed by atoms with van der Waals surface area (Å²) in [6.07, 6.45) is 6.61. The van der Waals surface area contributed by atoms with Crippen molar-refractivity contribution in [1.29, 1.82) is 0 Å². The second kappa shape index (κ2) is 10.3. The summed E-state index contributed by atoms with van der Waals surface area (Å²) in [6, 6.07) is 16.9. The fourth-order valence-electron chi connectivity index (χ4n) is 5.94. The van der Waals surface area contributed by atoms with Crippen LogP contribution in [0.15, 0.2) is 65.3 Å². The molecule has 3 N–H and O–H groups in total. The number of anilines is 1. The van der Waals surface area contributed by atoms with Crippen LogP contribution < -0.4 is 16.0 Å². The maximum Gasteiger partial charge on any atom is 0.237 e. The molecule has 0 bridgehead atoms. The molecule has 0 saturated heterocycles. The zero-order valence-corrected chi connectivity index (χ0v) is 21.4. The average molecular weight is 526 g/mol. The number of benzene rings is 2. The molecular formula is C28H29Cl2N3O3. The third-order valence-electron chi connectivity index (χ3n) is 7.59. The minimum absolute atomic E-state index is 0.0786. The molecule has 36 heavy (non-hydrogen) atoms. The Hall–Kier alpha value is -2.80. The summed E-state index contributed by atoms with van der Waals surface area (Å²) in [5.41, 5.74) is 1.04. The first-order valence-corrected chi connectivity index (χ1v) is 13.1. The molecule has 1 aliphatic carbocycles. The van der Waals surface area contributed by atoms with E-state index in [-0.39, 0.29) is 18.4 Å². The molecule has 3 aromatic rings. The second-order valence-electron chi connectivity index (χ2n) is 9.71. The molecule has 2 aromatic carbocycles. The Kier molecular flexibility index (Phi) is 7.11. The monoisotopic (exact) mass is 525 g/mol. The van der Waals surface area contributed by atoms with Gasteiger partial charge >= 0.3 is 0 Å². The van der Waals surface area contributed by atoms with Crippen LogP contribution in [0.25, 0.3) is 0 Å². The van der Waals surface area contributed by atoms with Crippen molar-refractivity contribution in [3.05, 3.63) is 87.8 Å². The molecule has 2 heterocycles. The predicted molar refractivity (Wildman–Crippen MR) is 141 cm³/mol. The van der Waals surface area contributed by atoms with E-state index >= 15 is 0 Å². The summed E-state index contributed by atoms with van der Waals surface area (Å²) in [7, 11) is 0. The largest absolute Gasteiger partial charge is 0.467 e. The topological polar surface area (TPSA) is 83.4 Å². The van der Waals surface area contributed by atoms with E-state index in [1.165, 1.54) is 0 Å². The van der Waals surface area contributed by atoms with E-state index in [4.69, 9.17) is 27.6 Å². The van der Waals surface area contributed by atoms with Crippen molar-refractivity contribution < 1.29 is 14.0 Å². The van der Waals surface area contributed by atoms with Crippen LogP contribution in [-0.4, -0.2) is 23.9 Å². The van der Waals surface area contributed by atoms with Gasteiger partial charge in [-0.15, -0.1) is 0 Å². The van der Waals surface area contributed by atoms with Crippen molar-refractivity contribution in [1.82, 2.24) is 10.6 Å². The molecule has 1 aliphatic heterocycles. The number of amides is 2. The molecule has 2 aliphatic rings. The van der Waals surface area contributed by atoms with Gasteiger partial charge in [0.25, 0.3) is 0 Å². The molecule has 1 atom stereocenters. The standard InChI is InChI=1S/C28H29Cl2N3O3/c29-20-7-4-6-19(14-20)16-28(23-10-9-21(30)15-24(23)33-26(28)35)27(11-2-1-3-12-27)32-18-25(34)31-17-22-8-5-13-36-22/h4-10,13-15,32H,1-3,11-12,16-18H2,(H,31,34)(H,33,35). The Bertz CT molecular complexity index is 1250. The normalized spacial score (nSPS) is 20.6. The van der Waals surface area contributed by atoms with Crippen LogP contribution in [-0.2, 0) is 28.0 Å². The summed E-state index contributed by atoms with van der Waals surface area (Å²) in [5, 5.41) is 10.8. The molecule has 1 saturated carbocycles. The van der Waals surface area contributed by atoms with Crippen molar-refractivity contribution in [3.63, 3.8) is 0 Å². The maximum absolute atomic E-state index is 14.0. The highest BCUT2D eigenvalue weighted by Gasteiger charge is 2.60. The van der Waals surface area contributed by atoms with Crippen LogP contribution in [0.3, 0.4) is 0 Å². The van der Waals surface area contributed by atoms with Crippen LogP contribution >= 0.6 is 23.2 Å². The number of furan rings is 1. The number of fused-ring (bicyclic) bond motifs is 1. The molecule has 5 rings (SSSR count). The number of hydrogen-bond acceptors (Lipinski definition) is 4. The maximum atomic E-state index is 14.0. The first-order chi connectivity index (χ1) is 17.4. The summed E-state index contributed by atoms with van der Waals surface area (Å²) < 4.78 is 5.32. The molecule has 1 fully saturated rings. The van der Waals surface area contributed by atoms with E-state index < -0.39 is 11.0 Å². The van der Waals surface area contributed by atoms with Crippen molar-refractivity contribution >= 4 is 40.7 Å². The van der Waals surface area contributed by atoms with Gasteiger partial charge in [-0.05, 0) is 66.8 Å². The molecule has 1 unspecified atom stereocenters. The highest BCUT2D eigenvalue weighted by atomic mass is 35.5. The number of nitrogens with one attached hydrogen (secondary N) is 3. The number of hydrogen-bond donors (Lipinski definition) is 3. The lowest BCUT2D eigenvalue weighted by molar-refractivity contribution is -0.127. The van der Waals surface area contributed by atoms with Gasteiger partial charge in [-0.2, -0.15) is 0 Å². The van der Waals surface area contributed by atoms with Crippen LogP contribution in [0, 0.1) is 0 Å². The summed E-state index contributed by atoms with van der Waals surface area (Å²) in [5.74, 6) is 0.461. The Labute approximate surface area is 220 Å². The molecule has 1 aromatic heterocycles. The van der Waals surface area contributed by atoms with E-state index in [9.17, 15) is 9.59 Å². The van der Waals surface area contributed by atoms with Gasteiger partial charge < -0.3 is 20.4 Å². The van der Waals surface area contributed by atoms with Gasteiger partial charge in [0.15, 0.2) is 0 Å². The van der Waals surface area contributed by atoms with Crippen molar-refractivity contribution in [2.75, 3.05) is 11.9 Å². The lowest BCUT2D eigenvalue weighted by Gasteiger charge is -2.50. The fourth-order valence-corrected chi connectivity index (χ4v) is 6.32. The Balaban J connectivity index is 1.52. The van der Waals surface area contributed by atoms with Crippen LogP contribution in [0.4, 0.5) is 5.69 Å². The van der Waals surface area contributed by atoms with Gasteiger partial charge in [-0.25, -0.2) is 0 Å². The minimum Gasteiger partial charge on any atom is -0.467 e. The first-order valence-electron chi connectivity index (χ1n) is 12.3. The van der Waals surface area contributed by atoms with E-state index in [0.29, 0.717) is 28.8 Å². The van der Waals surface area contributed by atoms with Gasteiger partial charge in [0.2, 0.25) is 11.8 Å². The zero-order chi connectivity index (χ0) is 25.2. The summed E-state index contributed by atoms with van der Waals surface area (Å²) in [4.78, 5) is 26.9. The first kappa shape index (κ1) is 24.9. The van der Waals surface area contributed by atoms with Gasteiger partial charge in [-0.1, -0.05) is 60.7 Å². The summed E-state index contributed by atoms with van der Waals surface area (Å²) in [6.45, 7) is 0.407. The van der Waals surface area contributed by atoms with Crippen LogP contribution in [0.2, 0.25) is 10.0 Å². The van der Waals surface area contributed by atoms with Gasteiger partial charge in [0.1, 0.15) is 5.76 Å². The Morgan fingerprint density at radius 2 is 1.81 bits per heavy atom. The molecule has 6 nitrogen and oxygen atoms in total. The molecule has 0 radical (unpaired) electrons. The van der Waals surface area contributed by atoms with Gasteiger partial charge in [0, 0.05) is 21.3 Å². The number of halogens is 2. The lowest BCUT2D eigenvalue weighted by Crippen LogP contribution is -2.66. The van der Waals surface area contributed by atoms with E-state index in [1.807, 2.05) is 42.5 Å². The second-order valence-corrected chi connectivity index (χ2v) is 10.6. The Morgan fingerprint density at radius 3 is 2.56 bits per heavy atom. The smallest absolute Gasteiger partial charge is 0.237 e. The molecule has 2 amide bonds. The van der Waals surface area contributed by atoms with Crippen molar-refractivity contribution in [2.24, 2.45) is 0 Å². The summed E-state index contributed by atoms with van der Waals surface area (Å²) >= 11 is 12.6. The van der Waals surface area contributed by atoms with Crippen LogP contribution in [0.5, 0.6) is 0 Å². The predicted octanol–water partition coefficient (Wildman–Crippen LogP) is 5.63. The number of carbonyl (C=O) groups excluding carboxylic acids is 2. The van der Waals surface area contributed by atoms with Crippen molar-refractivity contribution in [2.45, 2.75) is 56.0 Å². The highest BCUT2D eigenvalue weighted by Crippen LogP contribution is 2.53.